The summed E-state index contributed by atoms with van der Waals surface area (Å²) in [6.07, 6.45) is 0. The van der Waals surface area contributed by atoms with Crippen LogP contribution in [0.3, 0.4) is 0 Å². The highest BCUT2D eigenvalue weighted by atomic mass is 35.5. The molecule has 1 aromatic carbocycles. The first-order chi connectivity index (χ1) is 8.47. The minimum Gasteiger partial charge on any atom is -0.309 e. The predicted molar refractivity (Wildman–Crippen MR) is 74.2 cm³/mol. The molecule has 2 rings (SSSR count). The van der Waals surface area contributed by atoms with E-state index in [1.807, 2.05) is 6.92 Å². The van der Waals surface area contributed by atoms with Gasteiger partial charge in [-0.25, -0.2) is 4.39 Å². The molecule has 1 aliphatic heterocycles. The van der Waals surface area contributed by atoms with E-state index in [2.05, 4.69) is 5.32 Å². The van der Waals surface area contributed by atoms with Gasteiger partial charge in [-0.15, -0.1) is 0 Å². The average Bonchev–Trinajstić information content (AvgIpc) is 2.45. The highest BCUT2D eigenvalue weighted by molar-refractivity contribution is 7.85. The second kappa shape index (κ2) is 5.87. The van der Waals surface area contributed by atoms with Crippen LogP contribution in [0, 0.1) is 11.7 Å². The smallest absolute Gasteiger partial charge is 0.142 e. The van der Waals surface area contributed by atoms with E-state index in [1.165, 1.54) is 12.1 Å². The molecule has 100 valence electrons. The minimum absolute atomic E-state index is 0.00635. The fraction of sp³-hybridized carbons (Fsp3) is 0.500. The Labute approximate surface area is 118 Å². The Morgan fingerprint density at radius 1 is 1.33 bits per heavy atom. The summed E-state index contributed by atoms with van der Waals surface area (Å²) in [6, 6.07) is 2.54. The Hall–Kier alpha value is -0.160. The Morgan fingerprint density at radius 2 is 2.06 bits per heavy atom. The Balaban J connectivity index is 2.30. The topological polar surface area (TPSA) is 29.1 Å². The first-order valence-corrected chi connectivity index (χ1v) is 7.94. The summed E-state index contributed by atoms with van der Waals surface area (Å²) in [5.41, 5.74) is 0.626. The van der Waals surface area contributed by atoms with Gasteiger partial charge in [-0.3, -0.25) is 4.21 Å². The standard InChI is InChI=1S/C12H14Cl2FNOS/c1-7-4-16-12(6-18(17)5-7)8-2-11(15)10(14)3-9(8)13/h2-3,7,12,16H,4-6H2,1H3. The fourth-order valence-electron chi connectivity index (χ4n) is 2.04. The third-order valence-corrected chi connectivity index (χ3v) is 5.21. The van der Waals surface area contributed by atoms with E-state index >= 15 is 0 Å². The second-order valence-electron chi connectivity index (χ2n) is 4.63. The Bertz CT molecular complexity index is 483. The van der Waals surface area contributed by atoms with E-state index in [-0.39, 0.29) is 11.1 Å². The normalized spacial score (nSPS) is 29.0. The van der Waals surface area contributed by atoms with Gasteiger partial charge in [-0.05, 0) is 30.2 Å². The molecule has 1 aliphatic rings. The van der Waals surface area contributed by atoms with Crippen LogP contribution >= 0.6 is 23.2 Å². The van der Waals surface area contributed by atoms with Crippen molar-refractivity contribution < 1.29 is 8.60 Å². The molecule has 1 aromatic rings. The number of halogens is 3. The molecule has 0 aromatic heterocycles. The molecule has 1 N–H and O–H groups in total. The lowest BCUT2D eigenvalue weighted by Crippen LogP contribution is -2.26. The SMILES string of the molecule is CC1CNC(c2cc(F)c(Cl)cc2Cl)CS(=O)C1. The van der Waals surface area contributed by atoms with Crippen molar-refractivity contribution in [2.75, 3.05) is 18.1 Å². The molecule has 0 radical (unpaired) electrons. The molecular weight excluding hydrogens is 296 g/mol. The average molecular weight is 310 g/mol. The van der Waals surface area contributed by atoms with Gasteiger partial charge >= 0.3 is 0 Å². The molecule has 1 heterocycles. The monoisotopic (exact) mass is 309 g/mol. The van der Waals surface area contributed by atoms with E-state index < -0.39 is 16.6 Å². The summed E-state index contributed by atoms with van der Waals surface area (Å²) in [6.45, 7) is 2.79. The summed E-state index contributed by atoms with van der Waals surface area (Å²) < 4.78 is 25.3. The van der Waals surface area contributed by atoms with E-state index in [0.717, 1.165) is 6.54 Å². The summed E-state index contributed by atoms with van der Waals surface area (Å²) >= 11 is 11.8. The third-order valence-electron chi connectivity index (χ3n) is 2.95. The number of hydrogen-bond donors (Lipinski definition) is 1. The van der Waals surface area contributed by atoms with Gasteiger partial charge in [0.05, 0.1) is 5.02 Å². The molecule has 3 atom stereocenters. The molecule has 2 nitrogen and oxygen atoms in total. The molecule has 0 spiro atoms. The second-order valence-corrected chi connectivity index (χ2v) is 6.99. The van der Waals surface area contributed by atoms with Gasteiger partial charge in [0, 0.05) is 33.4 Å². The van der Waals surface area contributed by atoms with Crippen molar-refractivity contribution in [2.45, 2.75) is 13.0 Å². The van der Waals surface area contributed by atoms with Crippen LogP contribution in [0.5, 0.6) is 0 Å². The van der Waals surface area contributed by atoms with Crippen LogP contribution < -0.4 is 5.32 Å². The van der Waals surface area contributed by atoms with Crippen molar-refractivity contribution in [1.82, 2.24) is 5.32 Å². The molecule has 0 aliphatic carbocycles. The van der Waals surface area contributed by atoms with Crippen LogP contribution in [-0.2, 0) is 10.8 Å². The highest BCUT2D eigenvalue weighted by Crippen LogP contribution is 2.30. The molecule has 0 amide bonds. The van der Waals surface area contributed by atoms with Crippen LogP contribution in [-0.4, -0.2) is 22.3 Å². The van der Waals surface area contributed by atoms with Crippen molar-refractivity contribution in [3.8, 4) is 0 Å². The van der Waals surface area contributed by atoms with Crippen molar-refractivity contribution >= 4 is 34.0 Å². The number of hydrogen-bond acceptors (Lipinski definition) is 2. The number of benzene rings is 1. The fourth-order valence-corrected chi connectivity index (χ4v) is 4.11. The Morgan fingerprint density at radius 3 is 2.78 bits per heavy atom. The summed E-state index contributed by atoms with van der Waals surface area (Å²) in [7, 11) is -0.915. The van der Waals surface area contributed by atoms with Gasteiger partial charge in [-0.1, -0.05) is 30.1 Å². The Kier molecular flexibility index (Phi) is 4.64. The van der Waals surface area contributed by atoms with Crippen LogP contribution in [0.2, 0.25) is 10.0 Å². The van der Waals surface area contributed by atoms with Crippen LogP contribution in [0.4, 0.5) is 4.39 Å². The zero-order valence-corrected chi connectivity index (χ0v) is 12.2. The largest absolute Gasteiger partial charge is 0.309 e. The highest BCUT2D eigenvalue weighted by Gasteiger charge is 2.24. The van der Waals surface area contributed by atoms with E-state index in [1.54, 1.807) is 0 Å². The molecule has 1 saturated heterocycles. The number of nitrogens with one attached hydrogen (secondary N) is 1. The van der Waals surface area contributed by atoms with Gasteiger partial charge in [-0.2, -0.15) is 0 Å². The maximum Gasteiger partial charge on any atom is 0.142 e. The third kappa shape index (κ3) is 3.23. The molecule has 6 heteroatoms. The summed E-state index contributed by atoms with van der Waals surface area (Å²) in [5, 5.41) is 3.69. The zero-order chi connectivity index (χ0) is 13.3. The maximum absolute atomic E-state index is 13.5. The van der Waals surface area contributed by atoms with Crippen molar-refractivity contribution in [2.24, 2.45) is 5.92 Å². The molecule has 0 bridgehead atoms. The van der Waals surface area contributed by atoms with Crippen molar-refractivity contribution in [3.63, 3.8) is 0 Å². The number of rotatable bonds is 1. The maximum atomic E-state index is 13.5. The molecule has 3 unspecified atom stereocenters. The van der Waals surface area contributed by atoms with Crippen molar-refractivity contribution in [3.05, 3.63) is 33.6 Å². The molecular formula is C12H14Cl2FNOS. The van der Waals surface area contributed by atoms with Gasteiger partial charge in [0.25, 0.3) is 0 Å². The van der Waals surface area contributed by atoms with Gasteiger partial charge in [0.1, 0.15) is 5.82 Å². The minimum atomic E-state index is -0.915. The molecule has 18 heavy (non-hydrogen) atoms. The van der Waals surface area contributed by atoms with Gasteiger partial charge < -0.3 is 5.32 Å². The summed E-state index contributed by atoms with van der Waals surface area (Å²) in [4.78, 5) is 0. The lowest BCUT2D eigenvalue weighted by Gasteiger charge is -2.18. The first-order valence-electron chi connectivity index (χ1n) is 5.70. The molecule has 1 fully saturated rings. The quantitative estimate of drug-likeness (QED) is 0.807. The zero-order valence-electron chi connectivity index (χ0n) is 9.88. The predicted octanol–water partition coefficient (Wildman–Crippen LogP) is 3.16. The summed E-state index contributed by atoms with van der Waals surface area (Å²) in [5.74, 6) is 0.954. The first kappa shape index (κ1) is 14.3. The van der Waals surface area contributed by atoms with E-state index in [9.17, 15) is 8.60 Å². The molecule has 0 saturated carbocycles. The lowest BCUT2D eigenvalue weighted by atomic mass is 10.1. The van der Waals surface area contributed by atoms with Gasteiger partial charge in [0.15, 0.2) is 0 Å². The van der Waals surface area contributed by atoms with Crippen LogP contribution in [0.1, 0.15) is 18.5 Å². The van der Waals surface area contributed by atoms with E-state index in [0.29, 0.717) is 28.0 Å². The van der Waals surface area contributed by atoms with Gasteiger partial charge in [0.2, 0.25) is 0 Å². The lowest BCUT2D eigenvalue weighted by molar-refractivity contribution is 0.515. The van der Waals surface area contributed by atoms with Crippen molar-refractivity contribution in [1.29, 1.82) is 0 Å². The van der Waals surface area contributed by atoms with Crippen LogP contribution in [0.25, 0.3) is 0 Å². The van der Waals surface area contributed by atoms with E-state index in [4.69, 9.17) is 23.2 Å². The van der Waals surface area contributed by atoms with Crippen LogP contribution in [0.15, 0.2) is 12.1 Å².